The van der Waals surface area contributed by atoms with Gasteiger partial charge in [-0.3, -0.25) is 0 Å². The Balaban J connectivity index is 2.34. The maximum absolute atomic E-state index is 13.2. The number of hydrogen-bond acceptors (Lipinski definition) is 1. The van der Waals surface area contributed by atoms with Crippen molar-refractivity contribution in [3.63, 3.8) is 0 Å². The van der Waals surface area contributed by atoms with E-state index in [1.54, 1.807) is 6.07 Å². The minimum Gasteiger partial charge on any atom is -0.398 e. The quantitative estimate of drug-likeness (QED) is 0.631. The van der Waals surface area contributed by atoms with Crippen molar-refractivity contribution >= 4 is 16.5 Å². The highest BCUT2D eigenvalue weighted by Gasteiger charge is 2.08. The van der Waals surface area contributed by atoms with Crippen LogP contribution in [0.3, 0.4) is 0 Å². The van der Waals surface area contributed by atoms with Crippen LogP contribution in [-0.2, 0) is 0 Å². The zero-order valence-electron chi connectivity index (χ0n) is 10.7. The van der Waals surface area contributed by atoms with Crippen LogP contribution in [0.15, 0.2) is 54.6 Å². The molecule has 0 spiro atoms. The average molecular weight is 251 g/mol. The van der Waals surface area contributed by atoms with E-state index in [-0.39, 0.29) is 5.82 Å². The molecular formula is C17H14FN. The number of aryl methyl sites for hydroxylation is 1. The van der Waals surface area contributed by atoms with E-state index < -0.39 is 0 Å². The van der Waals surface area contributed by atoms with Gasteiger partial charge in [-0.25, -0.2) is 4.39 Å². The SMILES string of the molecule is Cc1ccc(-c2ccc(F)cc2N)c2ccccc12. The van der Waals surface area contributed by atoms with Crippen LogP contribution in [0.1, 0.15) is 5.56 Å². The van der Waals surface area contributed by atoms with Crippen molar-refractivity contribution < 1.29 is 4.39 Å². The molecule has 0 unspecified atom stereocenters. The molecule has 0 amide bonds. The Labute approximate surface area is 111 Å². The van der Waals surface area contributed by atoms with E-state index in [4.69, 9.17) is 5.73 Å². The van der Waals surface area contributed by atoms with Crippen molar-refractivity contribution in [3.8, 4) is 11.1 Å². The number of hydrogen-bond donors (Lipinski definition) is 1. The first-order valence-corrected chi connectivity index (χ1v) is 6.20. The van der Waals surface area contributed by atoms with Crippen molar-refractivity contribution in [2.75, 3.05) is 5.73 Å². The van der Waals surface area contributed by atoms with Gasteiger partial charge in [-0.2, -0.15) is 0 Å². The van der Waals surface area contributed by atoms with Gasteiger partial charge in [0.05, 0.1) is 0 Å². The lowest BCUT2D eigenvalue weighted by atomic mass is 9.95. The second-order valence-electron chi connectivity index (χ2n) is 4.71. The second kappa shape index (κ2) is 4.39. The third kappa shape index (κ3) is 1.95. The van der Waals surface area contributed by atoms with E-state index >= 15 is 0 Å². The molecule has 19 heavy (non-hydrogen) atoms. The molecule has 0 aliphatic rings. The third-order valence-corrected chi connectivity index (χ3v) is 3.45. The molecule has 3 rings (SSSR count). The minimum absolute atomic E-state index is 0.308. The molecule has 0 radical (unpaired) electrons. The molecule has 0 bridgehead atoms. The first-order chi connectivity index (χ1) is 9.16. The van der Waals surface area contributed by atoms with Gasteiger partial charge in [0, 0.05) is 11.3 Å². The lowest BCUT2D eigenvalue weighted by molar-refractivity contribution is 0.628. The molecule has 2 heteroatoms. The predicted molar refractivity (Wildman–Crippen MR) is 78.5 cm³/mol. The summed E-state index contributed by atoms with van der Waals surface area (Å²) in [5, 5.41) is 2.34. The average Bonchev–Trinajstić information content (AvgIpc) is 2.41. The molecule has 0 fully saturated rings. The van der Waals surface area contributed by atoms with Crippen molar-refractivity contribution in [2.45, 2.75) is 6.92 Å². The number of nitrogens with two attached hydrogens (primary N) is 1. The number of nitrogen functional groups attached to an aromatic ring is 1. The Kier molecular flexibility index (Phi) is 2.71. The Morgan fingerprint density at radius 3 is 2.26 bits per heavy atom. The summed E-state index contributed by atoms with van der Waals surface area (Å²) in [5.74, 6) is -0.308. The molecular weight excluding hydrogens is 237 g/mol. The van der Waals surface area contributed by atoms with E-state index in [0.29, 0.717) is 5.69 Å². The molecule has 0 saturated heterocycles. The summed E-state index contributed by atoms with van der Waals surface area (Å²) in [6, 6.07) is 16.8. The number of fused-ring (bicyclic) bond motifs is 1. The Morgan fingerprint density at radius 1 is 0.842 bits per heavy atom. The second-order valence-corrected chi connectivity index (χ2v) is 4.71. The zero-order valence-corrected chi connectivity index (χ0v) is 10.7. The van der Waals surface area contributed by atoms with Gasteiger partial charge in [0.15, 0.2) is 0 Å². The summed E-state index contributed by atoms with van der Waals surface area (Å²) in [4.78, 5) is 0. The molecule has 0 atom stereocenters. The molecule has 2 N–H and O–H groups in total. The van der Waals surface area contributed by atoms with Gasteiger partial charge in [-0.1, -0.05) is 36.4 Å². The van der Waals surface area contributed by atoms with Crippen molar-refractivity contribution in [3.05, 3.63) is 66.0 Å². The smallest absolute Gasteiger partial charge is 0.125 e. The summed E-state index contributed by atoms with van der Waals surface area (Å²) in [7, 11) is 0. The largest absolute Gasteiger partial charge is 0.398 e. The van der Waals surface area contributed by atoms with Crippen LogP contribution < -0.4 is 5.73 Å². The van der Waals surface area contributed by atoms with Gasteiger partial charge >= 0.3 is 0 Å². The van der Waals surface area contributed by atoms with E-state index in [1.807, 2.05) is 18.2 Å². The highest BCUT2D eigenvalue weighted by Crippen LogP contribution is 2.33. The van der Waals surface area contributed by atoms with E-state index in [9.17, 15) is 4.39 Å². The van der Waals surface area contributed by atoms with Crippen LogP contribution in [0, 0.1) is 12.7 Å². The number of benzene rings is 3. The summed E-state index contributed by atoms with van der Waals surface area (Å²) >= 11 is 0. The highest BCUT2D eigenvalue weighted by atomic mass is 19.1. The summed E-state index contributed by atoms with van der Waals surface area (Å²) in [5.41, 5.74) is 9.54. The monoisotopic (exact) mass is 251 g/mol. The van der Waals surface area contributed by atoms with Gasteiger partial charge in [0.25, 0.3) is 0 Å². The minimum atomic E-state index is -0.308. The topological polar surface area (TPSA) is 26.0 Å². The fourth-order valence-electron chi connectivity index (χ4n) is 2.46. The fourth-order valence-corrected chi connectivity index (χ4v) is 2.46. The normalized spacial score (nSPS) is 10.8. The van der Waals surface area contributed by atoms with E-state index in [0.717, 1.165) is 16.5 Å². The highest BCUT2D eigenvalue weighted by molar-refractivity contribution is 6.00. The molecule has 3 aromatic rings. The van der Waals surface area contributed by atoms with Crippen LogP contribution in [0.5, 0.6) is 0 Å². The first-order valence-electron chi connectivity index (χ1n) is 6.20. The summed E-state index contributed by atoms with van der Waals surface area (Å²) in [6.45, 7) is 2.08. The Hall–Kier alpha value is -2.35. The molecule has 0 aliphatic carbocycles. The lowest BCUT2D eigenvalue weighted by Gasteiger charge is -2.11. The first kappa shape index (κ1) is 11.7. The van der Waals surface area contributed by atoms with E-state index in [1.165, 1.54) is 23.1 Å². The number of halogens is 1. The molecule has 0 heterocycles. The third-order valence-electron chi connectivity index (χ3n) is 3.45. The van der Waals surface area contributed by atoms with E-state index in [2.05, 4.69) is 25.1 Å². The van der Waals surface area contributed by atoms with Crippen molar-refractivity contribution in [1.82, 2.24) is 0 Å². The lowest BCUT2D eigenvalue weighted by Crippen LogP contribution is -1.92. The van der Waals surface area contributed by atoms with Gasteiger partial charge < -0.3 is 5.73 Å². The number of anilines is 1. The van der Waals surface area contributed by atoms with Crippen LogP contribution >= 0.6 is 0 Å². The van der Waals surface area contributed by atoms with Gasteiger partial charge in [0.2, 0.25) is 0 Å². The molecule has 0 aromatic heterocycles. The van der Waals surface area contributed by atoms with Crippen LogP contribution in [0.4, 0.5) is 10.1 Å². The van der Waals surface area contributed by atoms with Gasteiger partial charge in [0.1, 0.15) is 5.82 Å². The fraction of sp³-hybridized carbons (Fsp3) is 0.0588. The van der Waals surface area contributed by atoms with Crippen molar-refractivity contribution in [2.24, 2.45) is 0 Å². The Bertz CT molecular complexity index is 762. The summed E-state index contributed by atoms with van der Waals surface area (Å²) in [6.07, 6.45) is 0. The van der Waals surface area contributed by atoms with Crippen LogP contribution in [0.2, 0.25) is 0 Å². The van der Waals surface area contributed by atoms with Crippen molar-refractivity contribution in [1.29, 1.82) is 0 Å². The zero-order chi connectivity index (χ0) is 13.4. The van der Waals surface area contributed by atoms with Crippen LogP contribution in [-0.4, -0.2) is 0 Å². The maximum atomic E-state index is 13.2. The Morgan fingerprint density at radius 2 is 1.53 bits per heavy atom. The molecule has 0 saturated carbocycles. The maximum Gasteiger partial charge on any atom is 0.125 e. The molecule has 0 aliphatic heterocycles. The standard InChI is InChI=1S/C17H14FN/c1-11-6-8-15(14-5-3-2-4-13(11)14)16-9-7-12(18)10-17(16)19/h2-10H,19H2,1H3. The molecule has 1 nitrogen and oxygen atoms in total. The number of rotatable bonds is 1. The van der Waals surface area contributed by atoms with Gasteiger partial charge in [-0.05, 0) is 47.0 Å². The van der Waals surface area contributed by atoms with Gasteiger partial charge in [-0.15, -0.1) is 0 Å². The van der Waals surface area contributed by atoms with Crippen LogP contribution in [0.25, 0.3) is 21.9 Å². The summed E-state index contributed by atoms with van der Waals surface area (Å²) < 4.78 is 13.2. The molecule has 94 valence electrons. The molecule has 3 aromatic carbocycles. The predicted octanol–water partition coefficient (Wildman–Crippen LogP) is 4.54.